The average molecular weight is 198 g/mol. The monoisotopic (exact) mass is 198 g/mol. The first-order chi connectivity index (χ1) is 6.47. The Balaban J connectivity index is 4.33. The molecule has 0 aliphatic rings. The fraction of sp³-hybridized carbons (Fsp3) is 0.400. The van der Waals surface area contributed by atoms with Crippen molar-refractivity contribution in [2.75, 3.05) is 0 Å². The molecule has 0 aromatic rings. The summed E-state index contributed by atoms with van der Waals surface area (Å²) in [6, 6.07) is 0. The van der Waals surface area contributed by atoms with Crippen LogP contribution in [0, 0.1) is 5.92 Å². The van der Waals surface area contributed by atoms with Crippen molar-refractivity contribution in [3.63, 3.8) is 0 Å². The van der Waals surface area contributed by atoms with Crippen molar-refractivity contribution in [3.05, 3.63) is 24.0 Å². The second kappa shape index (κ2) is 5.96. The number of aliphatic hydroxyl groups excluding tert-OH is 1. The highest BCUT2D eigenvalue weighted by Gasteiger charge is 2.06. The van der Waals surface area contributed by atoms with Crippen molar-refractivity contribution < 1.29 is 19.8 Å². The number of carbonyl (C=O) groups is 2. The first-order valence-electron chi connectivity index (χ1n) is 4.26. The van der Waals surface area contributed by atoms with Crippen LogP contribution in [0.15, 0.2) is 24.0 Å². The number of ketones is 1. The summed E-state index contributed by atoms with van der Waals surface area (Å²) in [7, 11) is 0. The van der Waals surface area contributed by atoms with Crippen LogP contribution in [-0.4, -0.2) is 22.0 Å². The molecule has 0 spiro atoms. The van der Waals surface area contributed by atoms with E-state index in [1.54, 1.807) is 0 Å². The van der Waals surface area contributed by atoms with Crippen LogP contribution in [0.5, 0.6) is 0 Å². The quantitative estimate of drug-likeness (QED) is 0.305. The minimum atomic E-state index is -1.50. The van der Waals surface area contributed by atoms with E-state index >= 15 is 0 Å². The Morgan fingerprint density at radius 2 is 1.86 bits per heavy atom. The second-order valence-corrected chi connectivity index (χ2v) is 3.30. The first-order valence-corrected chi connectivity index (χ1v) is 4.26. The lowest BCUT2D eigenvalue weighted by Gasteiger charge is -2.03. The Labute approximate surface area is 82.6 Å². The summed E-state index contributed by atoms with van der Waals surface area (Å²) < 4.78 is 0. The molecule has 4 heteroatoms. The van der Waals surface area contributed by atoms with E-state index in [4.69, 9.17) is 10.2 Å². The zero-order chi connectivity index (χ0) is 11.1. The minimum absolute atomic E-state index is 0.331. The molecule has 0 atom stereocenters. The smallest absolute Gasteiger partial charge is 0.376 e. The van der Waals surface area contributed by atoms with Crippen LogP contribution in [0.2, 0.25) is 0 Å². The number of aliphatic carboxylic acids is 1. The van der Waals surface area contributed by atoms with Gasteiger partial charge in [-0.3, -0.25) is 4.79 Å². The van der Waals surface area contributed by atoms with Crippen molar-refractivity contribution in [1.82, 2.24) is 0 Å². The summed E-state index contributed by atoms with van der Waals surface area (Å²) in [5, 5.41) is 17.0. The lowest BCUT2D eigenvalue weighted by Crippen LogP contribution is -2.08. The van der Waals surface area contributed by atoms with Crippen molar-refractivity contribution in [2.45, 2.75) is 20.3 Å². The zero-order valence-electron chi connectivity index (χ0n) is 8.23. The van der Waals surface area contributed by atoms with Crippen LogP contribution in [-0.2, 0) is 9.59 Å². The van der Waals surface area contributed by atoms with Gasteiger partial charge in [-0.1, -0.05) is 19.9 Å². The van der Waals surface area contributed by atoms with Crippen molar-refractivity contribution >= 4 is 11.8 Å². The average Bonchev–Trinajstić information content (AvgIpc) is 2.10. The number of hydrogen-bond acceptors (Lipinski definition) is 3. The summed E-state index contributed by atoms with van der Waals surface area (Å²) in [5.41, 5.74) is 0.537. The number of hydrogen-bond donors (Lipinski definition) is 2. The van der Waals surface area contributed by atoms with Crippen molar-refractivity contribution in [3.8, 4) is 0 Å². The molecule has 4 nitrogen and oxygen atoms in total. The van der Waals surface area contributed by atoms with Crippen molar-refractivity contribution in [2.24, 2.45) is 5.92 Å². The third-order valence-corrected chi connectivity index (χ3v) is 1.47. The molecule has 0 rings (SSSR count). The molecule has 0 aliphatic carbocycles. The molecule has 2 N–H and O–H groups in total. The number of aliphatic hydroxyl groups is 1. The molecule has 0 bridgehead atoms. The molecule has 0 radical (unpaired) electrons. The van der Waals surface area contributed by atoms with Gasteiger partial charge < -0.3 is 10.2 Å². The molecule has 0 heterocycles. The fourth-order valence-electron chi connectivity index (χ4n) is 0.889. The fourth-order valence-corrected chi connectivity index (χ4v) is 0.889. The van der Waals surface area contributed by atoms with Gasteiger partial charge in [-0.05, 0) is 24.0 Å². The van der Waals surface area contributed by atoms with E-state index in [-0.39, 0.29) is 0 Å². The third kappa shape index (κ3) is 5.13. The summed E-state index contributed by atoms with van der Waals surface area (Å²) in [4.78, 5) is 20.8. The van der Waals surface area contributed by atoms with E-state index in [0.717, 1.165) is 12.3 Å². The van der Waals surface area contributed by atoms with Crippen LogP contribution in [0.1, 0.15) is 20.3 Å². The highest BCUT2D eigenvalue weighted by atomic mass is 16.4. The molecule has 0 saturated carbocycles. The Hall–Kier alpha value is -1.58. The minimum Gasteiger partial charge on any atom is -0.515 e. The normalized spacial score (nSPS) is 12.4. The molecule has 78 valence electrons. The molecule has 0 saturated heterocycles. The maximum atomic E-state index is 10.7. The highest BCUT2D eigenvalue weighted by molar-refractivity contribution is 6.37. The number of allylic oxidation sites excluding steroid dienone is 2. The Kier molecular flexibility index (Phi) is 5.29. The van der Waals surface area contributed by atoms with E-state index in [1.807, 2.05) is 13.8 Å². The molecule has 0 unspecified atom stereocenters. The van der Waals surface area contributed by atoms with Crippen molar-refractivity contribution in [1.29, 1.82) is 0 Å². The maximum absolute atomic E-state index is 10.7. The van der Waals surface area contributed by atoms with Gasteiger partial charge in [0.25, 0.3) is 5.78 Å². The number of carbonyl (C=O) groups excluding carboxylic acids is 1. The number of carboxylic acids is 1. The molecule has 14 heavy (non-hydrogen) atoms. The van der Waals surface area contributed by atoms with Crippen LogP contribution >= 0.6 is 0 Å². The van der Waals surface area contributed by atoms with E-state index in [2.05, 4.69) is 0 Å². The van der Waals surface area contributed by atoms with Gasteiger partial charge in [0.1, 0.15) is 0 Å². The van der Waals surface area contributed by atoms with Gasteiger partial charge >= 0.3 is 5.97 Å². The summed E-state index contributed by atoms with van der Waals surface area (Å²) in [5.74, 6) is -2.16. The number of carboxylic acid groups (broad SMARTS) is 1. The molecule has 0 aromatic heterocycles. The van der Waals surface area contributed by atoms with E-state index < -0.39 is 11.8 Å². The van der Waals surface area contributed by atoms with Crippen LogP contribution < -0.4 is 0 Å². The molecule has 0 amide bonds. The standard InChI is InChI=1S/C10H14O4/c1-7(2)5-8(6-11)3-4-9(12)10(13)14/h3-4,6-7,11H,5H2,1-2H3,(H,13,14)/b4-3+,8-6+. The van der Waals surface area contributed by atoms with E-state index in [0.29, 0.717) is 17.9 Å². The molecular weight excluding hydrogens is 184 g/mol. The Morgan fingerprint density at radius 1 is 1.29 bits per heavy atom. The first kappa shape index (κ1) is 12.4. The Bertz CT molecular complexity index is 274. The van der Waals surface area contributed by atoms with E-state index in [9.17, 15) is 9.59 Å². The lowest BCUT2D eigenvalue weighted by molar-refractivity contribution is -0.146. The lowest BCUT2D eigenvalue weighted by atomic mass is 10.0. The topological polar surface area (TPSA) is 74.6 Å². The van der Waals surface area contributed by atoms with Crippen LogP contribution in [0.25, 0.3) is 0 Å². The summed E-state index contributed by atoms with van der Waals surface area (Å²) >= 11 is 0. The molecule has 0 fully saturated rings. The van der Waals surface area contributed by atoms with Gasteiger partial charge in [-0.2, -0.15) is 0 Å². The van der Waals surface area contributed by atoms with Gasteiger partial charge in [-0.25, -0.2) is 4.79 Å². The predicted molar refractivity (Wildman–Crippen MR) is 51.9 cm³/mol. The molecule has 0 aliphatic heterocycles. The van der Waals surface area contributed by atoms with E-state index in [1.165, 1.54) is 6.08 Å². The second-order valence-electron chi connectivity index (χ2n) is 3.30. The van der Waals surface area contributed by atoms with Gasteiger partial charge in [0.2, 0.25) is 0 Å². The van der Waals surface area contributed by atoms with Crippen LogP contribution in [0.3, 0.4) is 0 Å². The van der Waals surface area contributed by atoms with Gasteiger partial charge in [0.15, 0.2) is 0 Å². The third-order valence-electron chi connectivity index (χ3n) is 1.47. The SMILES string of the molecule is CC(C)CC(=C/O)/C=C/C(=O)C(=O)O. The van der Waals surface area contributed by atoms with Gasteiger partial charge in [-0.15, -0.1) is 0 Å². The summed E-state index contributed by atoms with van der Waals surface area (Å²) in [6.07, 6.45) is 3.73. The molecular formula is C10H14O4. The van der Waals surface area contributed by atoms with Gasteiger partial charge in [0.05, 0.1) is 6.26 Å². The predicted octanol–water partition coefficient (Wildman–Crippen LogP) is 1.68. The maximum Gasteiger partial charge on any atom is 0.376 e. The highest BCUT2D eigenvalue weighted by Crippen LogP contribution is 2.10. The number of rotatable bonds is 5. The molecule has 0 aromatic carbocycles. The Morgan fingerprint density at radius 3 is 2.21 bits per heavy atom. The zero-order valence-corrected chi connectivity index (χ0v) is 8.23. The largest absolute Gasteiger partial charge is 0.515 e. The summed E-state index contributed by atoms with van der Waals surface area (Å²) in [6.45, 7) is 3.91. The van der Waals surface area contributed by atoms with Gasteiger partial charge in [0, 0.05) is 0 Å². The van der Waals surface area contributed by atoms with Crippen LogP contribution in [0.4, 0.5) is 0 Å².